The molecule has 16 nitrogen and oxygen atoms in total. The fourth-order valence-corrected chi connectivity index (χ4v) is 5.46. The lowest BCUT2D eigenvalue weighted by Gasteiger charge is -2.19. The van der Waals surface area contributed by atoms with Gasteiger partial charge in [-0.1, -0.05) is 5.92 Å². The van der Waals surface area contributed by atoms with E-state index in [4.69, 9.17) is 19.4 Å². The zero-order chi connectivity index (χ0) is 23.6. The normalized spacial score (nSPS) is 25.3. The number of phosphoric ester groups is 1. The maximum Gasteiger partial charge on any atom is 0.490 e. The number of aliphatic hydroxyl groups is 1. The Hall–Kier alpha value is -1.43. The number of aromatic nitrogens is 2. The van der Waals surface area contributed by atoms with Crippen LogP contribution < -0.4 is 11.2 Å². The van der Waals surface area contributed by atoms with Crippen LogP contribution in [0, 0.1) is 11.8 Å². The Labute approximate surface area is 172 Å². The summed E-state index contributed by atoms with van der Waals surface area (Å²) >= 11 is 0. The van der Waals surface area contributed by atoms with Gasteiger partial charge in [0.1, 0.15) is 17.9 Å². The first-order chi connectivity index (χ1) is 14.1. The van der Waals surface area contributed by atoms with E-state index in [-0.39, 0.29) is 12.0 Å². The first-order valence-electron chi connectivity index (χ1n) is 8.02. The van der Waals surface area contributed by atoms with Crippen LogP contribution in [0.5, 0.6) is 0 Å². The monoisotopic (exact) mass is 506 g/mol. The third kappa shape index (κ3) is 7.58. The molecule has 5 unspecified atom stereocenters. The van der Waals surface area contributed by atoms with Gasteiger partial charge in [-0.05, 0) is 6.92 Å². The Balaban J connectivity index is 2.08. The lowest BCUT2D eigenvalue weighted by molar-refractivity contribution is -0.0450. The zero-order valence-electron chi connectivity index (χ0n) is 15.4. The standard InChI is InChI=1S/C12H17N2O14P3/c1-2-3-7-5-14(12(17)13-11(7)16)10-4-8(15)9(26-10)6-25-30(21,22)28-31(23,24)27-29(18,19)20/h5,8-10,15H,4,6H2,1H3,(H,21,22)(H,23,24)(H,13,16,17)(H2,18,19,20). The van der Waals surface area contributed by atoms with Gasteiger partial charge in [0.25, 0.3) is 5.56 Å². The number of nitrogens with one attached hydrogen (secondary N) is 1. The second-order valence-electron chi connectivity index (χ2n) is 5.90. The molecular formula is C12H17N2O14P3. The van der Waals surface area contributed by atoms with Crippen LogP contribution in [0.1, 0.15) is 25.1 Å². The summed E-state index contributed by atoms with van der Waals surface area (Å²) in [7, 11) is -16.6. The molecule has 1 saturated heterocycles. The summed E-state index contributed by atoms with van der Waals surface area (Å²) in [5.41, 5.74) is -1.67. The molecule has 31 heavy (non-hydrogen) atoms. The van der Waals surface area contributed by atoms with E-state index in [9.17, 15) is 33.3 Å². The van der Waals surface area contributed by atoms with Crippen molar-refractivity contribution in [3.63, 3.8) is 0 Å². The van der Waals surface area contributed by atoms with Crippen LogP contribution in [0.25, 0.3) is 0 Å². The molecule has 1 aliphatic rings. The molecule has 0 bridgehead atoms. The molecule has 0 saturated carbocycles. The Morgan fingerprint density at radius 3 is 2.42 bits per heavy atom. The molecule has 6 N–H and O–H groups in total. The van der Waals surface area contributed by atoms with Crippen molar-refractivity contribution >= 4 is 23.5 Å². The van der Waals surface area contributed by atoms with Gasteiger partial charge in [-0.2, -0.15) is 8.62 Å². The predicted molar refractivity (Wildman–Crippen MR) is 98.2 cm³/mol. The Bertz CT molecular complexity index is 1140. The summed E-state index contributed by atoms with van der Waals surface area (Å²) in [6, 6.07) is 0. The third-order valence-corrected chi connectivity index (χ3v) is 7.36. The maximum absolute atomic E-state index is 12.0. The van der Waals surface area contributed by atoms with Crippen molar-refractivity contribution in [2.75, 3.05) is 6.61 Å². The van der Waals surface area contributed by atoms with Crippen molar-refractivity contribution in [3.8, 4) is 11.8 Å². The van der Waals surface area contributed by atoms with Crippen molar-refractivity contribution in [1.29, 1.82) is 0 Å². The molecule has 0 amide bonds. The quantitative estimate of drug-likeness (QED) is 0.181. The second kappa shape index (κ2) is 9.60. The summed E-state index contributed by atoms with van der Waals surface area (Å²) in [5.74, 6) is 4.95. The van der Waals surface area contributed by atoms with Crippen LogP contribution >= 0.6 is 23.5 Å². The average Bonchev–Trinajstić information content (AvgIpc) is 2.93. The molecular weight excluding hydrogens is 489 g/mol. The highest BCUT2D eigenvalue weighted by Crippen LogP contribution is 2.66. The van der Waals surface area contributed by atoms with Crippen LogP contribution in [-0.4, -0.2) is 53.0 Å². The molecule has 1 aliphatic heterocycles. The van der Waals surface area contributed by atoms with Gasteiger partial charge < -0.3 is 29.4 Å². The number of aliphatic hydroxyl groups excluding tert-OH is 1. The Morgan fingerprint density at radius 2 is 1.84 bits per heavy atom. The van der Waals surface area contributed by atoms with E-state index in [1.165, 1.54) is 6.92 Å². The Morgan fingerprint density at radius 1 is 1.19 bits per heavy atom. The summed E-state index contributed by atoms with van der Waals surface area (Å²) in [4.78, 5) is 61.2. The topological polar surface area (TPSA) is 244 Å². The summed E-state index contributed by atoms with van der Waals surface area (Å²) in [5, 5.41) is 10.1. The highest BCUT2D eigenvalue weighted by atomic mass is 31.3. The number of nitrogens with zero attached hydrogens (tertiary/aromatic N) is 1. The maximum atomic E-state index is 12.0. The molecule has 1 fully saturated rings. The average molecular weight is 506 g/mol. The largest absolute Gasteiger partial charge is 0.490 e. The van der Waals surface area contributed by atoms with Crippen molar-refractivity contribution in [2.45, 2.75) is 31.8 Å². The first-order valence-corrected chi connectivity index (χ1v) is 12.5. The van der Waals surface area contributed by atoms with E-state index in [0.717, 1.165) is 10.8 Å². The molecule has 174 valence electrons. The van der Waals surface area contributed by atoms with Gasteiger partial charge in [-0.3, -0.25) is 18.9 Å². The smallest absolute Gasteiger partial charge is 0.390 e. The van der Waals surface area contributed by atoms with Crippen molar-refractivity contribution in [1.82, 2.24) is 9.55 Å². The van der Waals surface area contributed by atoms with Gasteiger partial charge in [-0.25, -0.2) is 18.5 Å². The van der Waals surface area contributed by atoms with Crippen LogP contribution in [0.4, 0.5) is 0 Å². The number of aromatic amines is 1. The Kier molecular flexibility index (Phi) is 8.00. The molecule has 0 spiro atoms. The highest BCUT2D eigenvalue weighted by Gasteiger charge is 2.43. The van der Waals surface area contributed by atoms with Crippen molar-refractivity contribution in [3.05, 3.63) is 32.6 Å². The number of H-pyrrole nitrogens is 1. The number of phosphoric acid groups is 3. The molecule has 0 aromatic carbocycles. The van der Waals surface area contributed by atoms with Crippen LogP contribution in [0.15, 0.2) is 15.8 Å². The minimum Gasteiger partial charge on any atom is -0.390 e. The summed E-state index contributed by atoms with van der Waals surface area (Å²) in [6.45, 7) is 0.560. The summed E-state index contributed by atoms with van der Waals surface area (Å²) < 4.78 is 51.4. The van der Waals surface area contributed by atoms with E-state index in [1.807, 2.05) is 4.98 Å². The molecule has 19 heteroatoms. The van der Waals surface area contributed by atoms with E-state index in [0.29, 0.717) is 0 Å². The van der Waals surface area contributed by atoms with Crippen LogP contribution in [0.3, 0.4) is 0 Å². The van der Waals surface area contributed by atoms with E-state index < -0.39 is 59.8 Å². The van der Waals surface area contributed by atoms with Crippen molar-refractivity contribution < 1.29 is 56.3 Å². The second-order valence-corrected chi connectivity index (χ2v) is 10.3. The molecule has 0 radical (unpaired) electrons. The fraction of sp³-hybridized carbons (Fsp3) is 0.500. The molecule has 0 aliphatic carbocycles. The zero-order valence-corrected chi connectivity index (χ0v) is 18.1. The fourth-order valence-electron chi connectivity index (χ4n) is 2.43. The van der Waals surface area contributed by atoms with Gasteiger partial charge in [0, 0.05) is 12.6 Å². The van der Waals surface area contributed by atoms with Gasteiger partial charge in [0.15, 0.2) is 0 Å². The van der Waals surface area contributed by atoms with E-state index in [1.54, 1.807) is 0 Å². The number of rotatable bonds is 8. The predicted octanol–water partition coefficient (Wildman–Crippen LogP) is -1.10. The van der Waals surface area contributed by atoms with Crippen LogP contribution in [0.2, 0.25) is 0 Å². The minimum absolute atomic E-state index is 0.0584. The van der Waals surface area contributed by atoms with Gasteiger partial charge in [0.2, 0.25) is 0 Å². The molecule has 1 aromatic rings. The molecule has 5 atom stereocenters. The lowest BCUT2D eigenvalue weighted by Crippen LogP contribution is -2.33. The lowest BCUT2D eigenvalue weighted by atomic mass is 10.2. The molecule has 2 rings (SSSR count). The van der Waals surface area contributed by atoms with Crippen molar-refractivity contribution in [2.24, 2.45) is 0 Å². The summed E-state index contributed by atoms with van der Waals surface area (Å²) in [6.07, 6.45) is -2.94. The number of ether oxygens (including phenoxy) is 1. The number of hydrogen-bond donors (Lipinski definition) is 6. The van der Waals surface area contributed by atoms with E-state index in [2.05, 4.69) is 25.0 Å². The first kappa shape index (κ1) is 25.8. The molecule has 1 aromatic heterocycles. The van der Waals surface area contributed by atoms with E-state index >= 15 is 0 Å². The van der Waals surface area contributed by atoms with Crippen LogP contribution in [-0.2, 0) is 31.6 Å². The SMILES string of the molecule is CC#Cc1cn(C2CC(O)C(COP(=O)(O)OP(=O)(O)OP(=O)(O)O)O2)c(=O)[nH]c1=O. The van der Waals surface area contributed by atoms with Gasteiger partial charge in [-0.15, -0.1) is 5.92 Å². The number of hydrogen-bond acceptors (Lipinski definition) is 10. The van der Waals surface area contributed by atoms with Gasteiger partial charge >= 0.3 is 29.2 Å². The minimum atomic E-state index is -5.69. The highest BCUT2D eigenvalue weighted by molar-refractivity contribution is 7.66. The van der Waals surface area contributed by atoms with Gasteiger partial charge in [0.05, 0.1) is 12.7 Å². The molecule has 2 heterocycles. The third-order valence-electron chi connectivity index (χ3n) is 3.56.